The fourth-order valence-corrected chi connectivity index (χ4v) is 2.42. The molecule has 0 bridgehead atoms. The molecule has 1 rings (SSSR count). The van der Waals surface area contributed by atoms with Crippen LogP contribution in [0.25, 0.3) is 0 Å². The van der Waals surface area contributed by atoms with Crippen molar-refractivity contribution < 1.29 is 14.3 Å². The van der Waals surface area contributed by atoms with Crippen LogP contribution < -0.4 is 5.32 Å². The molecule has 17 heavy (non-hydrogen) atoms. The summed E-state index contributed by atoms with van der Waals surface area (Å²) in [6.07, 6.45) is 1.50. The first-order valence-corrected chi connectivity index (χ1v) is 5.94. The number of thiophene rings is 1. The minimum atomic E-state index is -0.435. The molecule has 1 heterocycles. The van der Waals surface area contributed by atoms with Gasteiger partial charge in [0, 0.05) is 11.8 Å². The van der Waals surface area contributed by atoms with Gasteiger partial charge in [-0.15, -0.1) is 11.3 Å². The number of rotatable bonds is 4. The van der Waals surface area contributed by atoms with Gasteiger partial charge in [0.15, 0.2) is 0 Å². The lowest BCUT2D eigenvalue weighted by Crippen LogP contribution is -2.11. The van der Waals surface area contributed by atoms with E-state index < -0.39 is 5.97 Å². The van der Waals surface area contributed by atoms with Crippen molar-refractivity contribution in [3.05, 3.63) is 28.7 Å². The molecule has 4 nitrogen and oxygen atoms in total. The maximum Gasteiger partial charge on any atom is 0.341 e. The summed E-state index contributed by atoms with van der Waals surface area (Å²) in [5, 5.41) is 3.19. The fourth-order valence-electron chi connectivity index (χ4n) is 1.33. The summed E-state index contributed by atoms with van der Waals surface area (Å²) < 4.78 is 4.99. The monoisotopic (exact) mass is 253 g/mol. The average Bonchev–Trinajstić information content (AvgIpc) is 2.50. The van der Waals surface area contributed by atoms with Gasteiger partial charge in [0.05, 0.1) is 5.56 Å². The van der Waals surface area contributed by atoms with Crippen molar-refractivity contribution in [1.29, 1.82) is 0 Å². The second-order valence-corrected chi connectivity index (χ2v) is 4.78. The molecule has 1 amide bonds. The molecule has 1 N–H and O–H groups in total. The third-order valence-electron chi connectivity index (χ3n) is 2.21. The molecule has 1 aromatic heterocycles. The second kappa shape index (κ2) is 5.63. The number of ether oxygens (including phenoxy) is 1. The summed E-state index contributed by atoms with van der Waals surface area (Å²) in [6.45, 7) is 8.78. The lowest BCUT2D eigenvalue weighted by Gasteiger charge is -2.05. The van der Waals surface area contributed by atoms with Gasteiger partial charge in [-0.25, -0.2) is 4.79 Å². The topological polar surface area (TPSA) is 55.4 Å². The highest BCUT2D eigenvalue weighted by Crippen LogP contribution is 2.32. The zero-order valence-corrected chi connectivity index (χ0v) is 10.9. The van der Waals surface area contributed by atoms with E-state index in [1.807, 2.05) is 13.8 Å². The molecule has 1 aromatic rings. The Bertz CT molecular complexity index is 463. The highest BCUT2D eigenvalue weighted by atomic mass is 32.1. The molecule has 0 aliphatic rings. The Kier molecular flexibility index (Phi) is 4.45. The number of nitrogens with one attached hydrogen (secondary N) is 1. The first kappa shape index (κ1) is 13.4. The number of carbonyl (C=O) groups excluding carboxylic acids is 2. The van der Waals surface area contributed by atoms with E-state index >= 15 is 0 Å². The molecule has 5 heteroatoms. The van der Waals surface area contributed by atoms with Crippen LogP contribution in [0.5, 0.6) is 0 Å². The van der Waals surface area contributed by atoms with E-state index in [2.05, 4.69) is 11.9 Å². The van der Waals surface area contributed by atoms with E-state index in [1.54, 1.807) is 0 Å². The van der Waals surface area contributed by atoms with Crippen LogP contribution in [0.4, 0.5) is 5.00 Å². The van der Waals surface area contributed by atoms with Crippen molar-refractivity contribution in [1.82, 2.24) is 0 Å². The third-order valence-corrected chi connectivity index (χ3v) is 3.33. The van der Waals surface area contributed by atoms with Gasteiger partial charge in [-0.3, -0.25) is 4.79 Å². The van der Waals surface area contributed by atoms with Crippen LogP contribution >= 0.6 is 11.3 Å². The number of aryl methyl sites for hydroxylation is 1. The van der Waals surface area contributed by atoms with Gasteiger partial charge in [0.2, 0.25) is 5.91 Å². The molecule has 0 saturated carbocycles. The van der Waals surface area contributed by atoms with Gasteiger partial charge in [-0.2, -0.15) is 0 Å². The Hall–Kier alpha value is -1.62. The van der Waals surface area contributed by atoms with E-state index in [-0.39, 0.29) is 12.5 Å². The van der Waals surface area contributed by atoms with Crippen LogP contribution in [0.2, 0.25) is 0 Å². The van der Waals surface area contributed by atoms with Gasteiger partial charge < -0.3 is 10.1 Å². The molecule has 0 saturated heterocycles. The summed E-state index contributed by atoms with van der Waals surface area (Å²) in [4.78, 5) is 23.9. The van der Waals surface area contributed by atoms with Crippen molar-refractivity contribution >= 4 is 28.2 Å². The van der Waals surface area contributed by atoms with Gasteiger partial charge in [0.1, 0.15) is 11.6 Å². The molecule has 92 valence electrons. The first-order chi connectivity index (χ1) is 7.97. The molecular weight excluding hydrogens is 238 g/mol. The minimum Gasteiger partial charge on any atom is -0.458 e. The summed E-state index contributed by atoms with van der Waals surface area (Å²) >= 11 is 1.37. The van der Waals surface area contributed by atoms with Crippen molar-refractivity contribution in [3.63, 3.8) is 0 Å². The molecule has 0 aliphatic carbocycles. The van der Waals surface area contributed by atoms with E-state index in [4.69, 9.17) is 4.74 Å². The van der Waals surface area contributed by atoms with Crippen molar-refractivity contribution in [2.45, 2.75) is 20.8 Å². The summed E-state index contributed by atoms with van der Waals surface area (Å²) in [5.41, 5.74) is 1.28. The number of carbonyl (C=O) groups is 2. The number of anilines is 1. The lowest BCUT2D eigenvalue weighted by molar-refractivity contribution is -0.114. The smallest absolute Gasteiger partial charge is 0.341 e. The Labute approximate surface area is 104 Å². The number of esters is 1. The standard InChI is InChI=1S/C12H15NO3S/c1-5-6-16-12(15)10-7(2)8(3)17-11(10)13-9(4)14/h5H,1,6H2,2-4H3,(H,13,14). The van der Waals surface area contributed by atoms with Crippen molar-refractivity contribution in [3.8, 4) is 0 Å². The van der Waals surface area contributed by atoms with Crippen molar-refractivity contribution in [2.75, 3.05) is 11.9 Å². The maximum absolute atomic E-state index is 11.8. The molecule has 0 atom stereocenters. The van der Waals surface area contributed by atoms with Gasteiger partial charge in [-0.05, 0) is 19.4 Å². The van der Waals surface area contributed by atoms with Crippen LogP contribution in [-0.4, -0.2) is 18.5 Å². The first-order valence-electron chi connectivity index (χ1n) is 5.13. The number of hydrogen-bond donors (Lipinski definition) is 1. The SMILES string of the molecule is C=CCOC(=O)c1c(NC(C)=O)sc(C)c1C. The van der Waals surface area contributed by atoms with Crippen LogP contribution in [0, 0.1) is 13.8 Å². The quantitative estimate of drug-likeness (QED) is 0.663. The zero-order chi connectivity index (χ0) is 13.0. The largest absolute Gasteiger partial charge is 0.458 e. The second-order valence-electron chi connectivity index (χ2n) is 3.56. The molecule has 0 aliphatic heterocycles. The minimum absolute atomic E-state index is 0.159. The fraction of sp³-hybridized carbons (Fsp3) is 0.333. The predicted octanol–water partition coefficient (Wildman–Crippen LogP) is 2.67. The summed E-state index contributed by atoms with van der Waals surface area (Å²) in [7, 11) is 0. The van der Waals surface area contributed by atoms with Crippen LogP contribution in [0.1, 0.15) is 27.7 Å². The Morgan fingerprint density at radius 1 is 1.47 bits per heavy atom. The zero-order valence-electron chi connectivity index (χ0n) is 10.1. The maximum atomic E-state index is 11.8. The van der Waals surface area contributed by atoms with Crippen LogP contribution in [0.15, 0.2) is 12.7 Å². The van der Waals surface area contributed by atoms with E-state index in [0.717, 1.165) is 10.4 Å². The van der Waals surface area contributed by atoms with Gasteiger partial charge in [0.25, 0.3) is 0 Å². The predicted molar refractivity (Wildman–Crippen MR) is 68.6 cm³/mol. The summed E-state index contributed by atoms with van der Waals surface area (Å²) in [6, 6.07) is 0. The Morgan fingerprint density at radius 3 is 2.65 bits per heavy atom. The van der Waals surface area contributed by atoms with E-state index in [9.17, 15) is 9.59 Å². The van der Waals surface area contributed by atoms with Gasteiger partial charge >= 0.3 is 5.97 Å². The van der Waals surface area contributed by atoms with Crippen molar-refractivity contribution in [2.24, 2.45) is 0 Å². The molecule has 0 unspecified atom stereocenters. The normalized spacial score (nSPS) is 9.82. The average molecular weight is 253 g/mol. The highest BCUT2D eigenvalue weighted by molar-refractivity contribution is 7.16. The molecule has 0 radical (unpaired) electrons. The highest BCUT2D eigenvalue weighted by Gasteiger charge is 2.21. The Balaban J connectivity index is 3.06. The van der Waals surface area contributed by atoms with Gasteiger partial charge in [-0.1, -0.05) is 12.7 Å². The van der Waals surface area contributed by atoms with E-state index in [1.165, 1.54) is 24.3 Å². The lowest BCUT2D eigenvalue weighted by atomic mass is 10.1. The number of hydrogen-bond acceptors (Lipinski definition) is 4. The third kappa shape index (κ3) is 3.17. The van der Waals surface area contributed by atoms with Crippen LogP contribution in [-0.2, 0) is 9.53 Å². The molecule has 0 fully saturated rings. The number of amides is 1. The molecule has 0 spiro atoms. The Morgan fingerprint density at radius 2 is 2.12 bits per heavy atom. The summed E-state index contributed by atoms with van der Waals surface area (Å²) in [5.74, 6) is -0.639. The van der Waals surface area contributed by atoms with Crippen LogP contribution in [0.3, 0.4) is 0 Å². The van der Waals surface area contributed by atoms with E-state index in [0.29, 0.717) is 10.6 Å². The molecular formula is C12H15NO3S. The molecule has 0 aromatic carbocycles.